The van der Waals surface area contributed by atoms with Crippen LogP contribution in [0.4, 0.5) is 0 Å². The summed E-state index contributed by atoms with van der Waals surface area (Å²) in [5.74, 6) is 0.369. The average Bonchev–Trinajstić information content (AvgIpc) is 3.57. The monoisotopic (exact) mass is 1020 g/mol. The van der Waals surface area contributed by atoms with Gasteiger partial charge in [-0.05, 0) is 211 Å². The Bertz CT molecular complexity index is 1990. The van der Waals surface area contributed by atoms with Crippen LogP contribution in [-0.2, 0) is 18.3 Å². The van der Waals surface area contributed by atoms with Crippen molar-refractivity contribution in [2.24, 2.45) is 5.92 Å². The van der Waals surface area contributed by atoms with E-state index in [0.29, 0.717) is 12.3 Å². The molecule has 1 fully saturated rings. The minimum absolute atomic E-state index is 0.173. The van der Waals surface area contributed by atoms with Gasteiger partial charge in [0, 0.05) is 0 Å². The first-order valence-corrected chi connectivity index (χ1v) is 28.7. The van der Waals surface area contributed by atoms with E-state index >= 15 is 0 Å². The lowest BCUT2D eigenvalue weighted by Gasteiger charge is -2.18. The molecule has 408 valence electrons. The lowest BCUT2D eigenvalue weighted by molar-refractivity contribution is -0.127. The van der Waals surface area contributed by atoms with Gasteiger partial charge in [-0.2, -0.15) is 0 Å². The zero-order valence-corrected chi connectivity index (χ0v) is 48.5. The van der Waals surface area contributed by atoms with Crippen molar-refractivity contribution in [3.63, 3.8) is 0 Å². The van der Waals surface area contributed by atoms with Crippen LogP contribution in [0.25, 0.3) is 0 Å². The normalized spacial score (nSPS) is 21.0. The van der Waals surface area contributed by atoms with Gasteiger partial charge in [-0.25, -0.2) is 4.57 Å². The molecule has 0 spiro atoms. The highest BCUT2D eigenvalue weighted by Gasteiger charge is 2.46. The molecule has 72 heavy (non-hydrogen) atoms. The van der Waals surface area contributed by atoms with E-state index in [4.69, 9.17) is 13.8 Å². The van der Waals surface area contributed by atoms with E-state index in [0.717, 1.165) is 108 Å². The van der Waals surface area contributed by atoms with Crippen molar-refractivity contribution in [1.82, 2.24) is 0 Å². The molecule has 1 rings (SSSR count). The third kappa shape index (κ3) is 35.1. The maximum Gasteiger partial charge on any atom is 0.474 e. The van der Waals surface area contributed by atoms with Crippen LogP contribution in [0.5, 0.6) is 0 Å². The number of aliphatic hydroxyl groups excluding tert-OH is 3. The molecule has 8 nitrogen and oxygen atoms in total. The number of aliphatic hydroxyl groups is 3. The van der Waals surface area contributed by atoms with Crippen LogP contribution >= 0.6 is 7.82 Å². The topological polar surface area (TPSA) is 126 Å². The molecule has 2 unspecified atom stereocenters. The smallest absolute Gasteiger partial charge is 0.394 e. The Hall–Kier alpha value is -3.17. The molecular weight excluding hydrogens is 916 g/mol. The van der Waals surface area contributed by atoms with Crippen LogP contribution in [0.3, 0.4) is 0 Å². The van der Waals surface area contributed by atoms with Crippen LogP contribution in [0.15, 0.2) is 140 Å². The first-order valence-electron chi connectivity index (χ1n) is 27.2. The average molecular weight is 1020 g/mol. The van der Waals surface area contributed by atoms with Crippen LogP contribution in [0.2, 0.25) is 0 Å². The van der Waals surface area contributed by atoms with Gasteiger partial charge in [-0.15, -0.1) is 0 Å². The molecule has 0 radical (unpaired) electrons. The van der Waals surface area contributed by atoms with Gasteiger partial charge >= 0.3 is 7.82 Å². The summed E-state index contributed by atoms with van der Waals surface area (Å²) in [7, 11) is -4.57. The Morgan fingerprint density at radius 1 is 0.500 bits per heavy atom. The molecule has 0 aliphatic carbocycles. The molecule has 6 atom stereocenters. The Morgan fingerprint density at radius 3 is 1.22 bits per heavy atom. The molecule has 1 aliphatic rings. The summed E-state index contributed by atoms with van der Waals surface area (Å²) >= 11 is 0. The zero-order chi connectivity index (χ0) is 53.9. The number of phosphoric ester groups is 1. The van der Waals surface area contributed by atoms with Crippen molar-refractivity contribution < 1.29 is 38.6 Å². The quantitative estimate of drug-likeness (QED) is 0.0358. The molecule has 1 saturated heterocycles. The maximum atomic E-state index is 12.3. The van der Waals surface area contributed by atoms with Gasteiger partial charge in [0.15, 0.2) is 6.29 Å². The number of hydrogen-bond donors (Lipinski definition) is 4. The second-order valence-electron chi connectivity index (χ2n) is 21.2. The van der Waals surface area contributed by atoms with E-state index in [-0.39, 0.29) is 6.61 Å². The number of rotatable bonds is 37. The molecule has 0 bridgehead atoms. The fraction of sp³-hybridized carbons (Fsp3) is 0.619. The van der Waals surface area contributed by atoms with E-state index in [1.807, 2.05) is 6.92 Å². The van der Waals surface area contributed by atoms with Crippen LogP contribution < -0.4 is 0 Å². The molecular formula is C63H103O8P. The Balaban J connectivity index is 2.28. The Labute approximate surface area is 440 Å². The van der Waals surface area contributed by atoms with Gasteiger partial charge < -0.3 is 24.9 Å². The Kier molecular flexibility index (Phi) is 36.5. The van der Waals surface area contributed by atoms with Crippen molar-refractivity contribution >= 4 is 7.82 Å². The molecule has 1 heterocycles. The van der Waals surface area contributed by atoms with E-state index in [1.165, 1.54) is 68.6 Å². The highest BCUT2D eigenvalue weighted by atomic mass is 31.2. The zero-order valence-electron chi connectivity index (χ0n) is 47.6. The molecule has 4 N–H and O–H groups in total. The minimum atomic E-state index is -4.57. The number of allylic oxidation sites excluding steroid dienone is 23. The Morgan fingerprint density at radius 2 is 0.861 bits per heavy atom. The highest BCUT2D eigenvalue weighted by Crippen LogP contribution is 2.46. The first kappa shape index (κ1) is 66.8. The van der Waals surface area contributed by atoms with Crippen LogP contribution in [-0.4, -0.2) is 58.0 Å². The lowest BCUT2D eigenvalue weighted by atomic mass is 10.0. The molecule has 0 amide bonds. The van der Waals surface area contributed by atoms with Crippen molar-refractivity contribution in [3.8, 4) is 0 Å². The van der Waals surface area contributed by atoms with Crippen LogP contribution in [0, 0.1) is 5.92 Å². The first-order chi connectivity index (χ1) is 34.1. The number of phosphoric acid groups is 1. The maximum absolute atomic E-state index is 12.3. The standard InChI is InChI=1S/C63H103O8P/c1-48(2)23-14-24-49(3)25-15-26-50(4)27-16-28-51(5)29-17-30-52(6)31-18-32-53(7)33-19-34-54(8)35-20-36-55(9)37-21-38-56(10)41-43-59(13)44-42-57(11)39-22-40-58(12)45-46-69-72(67,68)71-63-62(66)61(65)60(47-64)70-63/h22-23,25,27,29,31,33,35,37,39,41,44-45,57,60-66H,14-21,24,26,28,30,32,34,36,38,40,42-43,46-47H2,1-13H3,(H,67,68)/b39-22+,49-25+,50-27+,51-29+,52-31+,53-33+,54-35+,55-37+,56-41+,58-45+,59-44+/t57?,60-,61+,62+,63+/m1/s1. The second kappa shape index (κ2) is 39.3. The van der Waals surface area contributed by atoms with Gasteiger partial charge in [0.05, 0.1) is 13.2 Å². The summed E-state index contributed by atoms with van der Waals surface area (Å²) in [6.07, 6.45) is 45.1. The van der Waals surface area contributed by atoms with Crippen molar-refractivity contribution in [2.45, 2.75) is 237 Å². The SMILES string of the molecule is CC(C)=CCC/C(C)=C/CC/C(C)=C/CC/C(C)=C/CC/C(C)=C/CC/C(C)=C/CC/C(C)=C/CC/C(C)=C/CC/C(C)=C/C/C(C)=C/CC(C)/C=C/C/C(C)=C/COP(=O)(O)O[C@@H]1O[C@H](CO)[C@H](O)[C@@H]1O. The lowest BCUT2D eigenvalue weighted by Crippen LogP contribution is -2.34. The second-order valence-corrected chi connectivity index (χ2v) is 22.6. The predicted molar refractivity (Wildman–Crippen MR) is 308 cm³/mol. The minimum Gasteiger partial charge on any atom is -0.394 e. The molecule has 0 aromatic carbocycles. The summed E-state index contributed by atoms with van der Waals surface area (Å²) in [4.78, 5) is 9.99. The van der Waals surface area contributed by atoms with Gasteiger partial charge in [0.25, 0.3) is 0 Å². The van der Waals surface area contributed by atoms with Gasteiger partial charge in [0.2, 0.25) is 0 Å². The van der Waals surface area contributed by atoms with Gasteiger partial charge in [0.1, 0.15) is 18.3 Å². The fourth-order valence-corrected chi connectivity index (χ4v) is 8.83. The summed E-state index contributed by atoms with van der Waals surface area (Å²) in [5.41, 5.74) is 15.7. The molecule has 9 heteroatoms. The third-order valence-electron chi connectivity index (χ3n) is 13.2. The summed E-state index contributed by atoms with van der Waals surface area (Å²) in [6, 6.07) is 0. The summed E-state index contributed by atoms with van der Waals surface area (Å²) in [5, 5.41) is 28.9. The molecule has 0 aromatic rings. The van der Waals surface area contributed by atoms with Crippen molar-refractivity contribution in [2.75, 3.05) is 13.2 Å². The molecule has 0 saturated carbocycles. The van der Waals surface area contributed by atoms with Gasteiger partial charge in [-0.1, -0.05) is 147 Å². The van der Waals surface area contributed by atoms with Crippen molar-refractivity contribution in [1.29, 1.82) is 0 Å². The van der Waals surface area contributed by atoms with Crippen LogP contribution in [0.1, 0.15) is 212 Å². The van der Waals surface area contributed by atoms with Crippen molar-refractivity contribution in [3.05, 3.63) is 140 Å². The van der Waals surface area contributed by atoms with E-state index in [9.17, 15) is 24.8 Å². The fourth-order valence-electron chi connectivity index (χ4n) is 8.07. The number of ether oxygens (including phenoxy) is 1. The highest BCUT2D eigenvalue weighted by molar-refractivity contribution is 7.47. The van der Waals surface area contributed by atoms with E-state index in [1.54, 1.807) is 6.08 Å². The number of hydrogen-bond acceptors (Lipinski definition) is 7. The van der Waals surface area contributed by atoms with E-state index < -0.39 is 39.0 Å². The molecule has 1 aliphatic heterocycles. The van der Waals surface area contributed by atoms with E-state index in [2.05, 4.69) is 156 Å². The predicted octanol–water partition coefficient (Wildman–Crippen LogP) is 17.6. The summed E-state index contributed by atoms with van der Waals surface area (Å²) in [6.45, 7) is 28.1. The summed E-state index contributed by atoms with van der Waals surface area (Å²) < 4.78 is 27.2. The van der Waals surface area contributed by atoms with Gasteiger partial charge in [-0.3, -0.25) is 9.05 Å². The molecule has 0 aromatic heterocycles. The largest absolute Gasteiger partial charge is 0.474 e. The third-order valence-corrected chi connectivity index (χ3v) is 14.2.